The summed E-state index contributed by atoms with van der Waals surface area (Å²) in [7, 11) is 1.51. The molecule has 0 aliphatic heterocycles. The van der Waals surface area contributed by atoms with Crippen molar-refractivity contribution in [2.75, 3.05) is 20.3 Å². The molecule has 0 saturated heterocycles. The predicted octanol–water partition coefficient (Wildman–Crippen LogP) is 4.82. The Hall–Kier alpha value is -2.08. The van der Waals surface area contributed by atoms with Crippen molar-refractivity contribution in [2.45, 2.75) is 72.3 Å². The topological polar surface area (TPSA) is 77.8 Å². The van der Waals surface area contributed by atoms with Crippen LogP contribution in [0.5, 0.6) is 0 Å². The molecule has 2 aliphatic rings. The molecule has 0 bridgehead atoms. The lowest BCUT2D eigenvalue weighted by molar-refractivity contribution is -0.168. The number of methoxy groups -OCH3 is 1. The minimum atomic E-state index is -0.418. The maximum Gasteiger partial charge on any atom is 0.319 e. The zero-order chi connectivity index (χ0) is 23.4. The van der Waals surface area contributed by atoms with E-state index in [0.29, 0.717) is 25.0 Å². The number of fused-ring (bicyclic) bond motifs is 1. The molecule has 1 N–H and O–H groups in total. The van der Waals surface area contributed by atoms with E-state index >= 15 is 0 Å². The first kappa shape index (κ1) is 24.6. The quantitative estimate of drug-likeness (QED) is 0.434. The van der Waals surface area contributed by atoms with Crippen molar-refractivity contribution in [1.82, 2.24) is 5.32 Å². The third kappa shape index (κ3) is 4.80. The fraction of sp³-hybridized carbons (Fsp3) is 0.692. The van der Waals surface area contributed by atoms with Crippen LogP contribution in [0, 0.1) is 22.7 Å². The van der Waals surface area contributed by atoms with Crippen LogP contribution in [0.2, 0.25) is 0 Å². The molecule has 6 heteroatoms. The number of carbonyl (C=O) groups is 2. The van der Waals surface area contributed by atoms with Crippen LogP contribution in [0.4, 0.5) is 0 Å². The van der Waals surface area contributed by atoms with Gasteiger partial charge in [0.25, 0.3) is 0 Å². The maximum atomic E-state index is 12.8. The number of aryl methyl sites for hydroxylation is 1. The third-order valence-electron chi connectivity index (χ3n) is 8.07. The number of furan rings is 1. The summed E-state index contributed by atoms with van der Waals surface area (Å²) in [4.78, 5) is 24.3. The van der Waals surface area contributed by atoms with Crippen molar-refractivity contribution >= 4 is 11.9 Å². The van der Waals surface area contributed by atoms with Crippen molar-refractivity contribution in [3.8, 4) is 0 Å². The van der Waals surface area contributed by atoms with Gasteiger partial charge in [0.2, 0.25) is 0 Å². The number of esters is 2. The molecule has 1 unspecified atom stereocenters. The molecule has 3 rings (SSSR count). The molecule has 2 fully saturated rings. The first-order valence-corrected chi connectivity index (χ1v) is 11.9. The van der Waals surface area contributed by atoms with Crippen LogP contribution in [0.15, 0.2) is 28.9 Å². The SMILES string of the molecule is C=C1CCC2[C@](C)(CCC[C@]2(C)C(=O)OC)[C@H]1CCc1ccoc1CNCC(=O)OCC. The Balaban J connectivity index is 1.69. The highest BCUT2D eigenvalue weighted by molar-refractivity contribution is 5.77. The van der Waals surface area contributed by atoms with Crippen molar-refractivity contribution in [3.63, 3.8) is 0 Å². The number of allylic oxidation sites excluding steroid dienone is 1. The van der Waals surface area contributed by atoms with E-state index in [1.165, 1.54) is 12.7 Å². The van der Waals surface area contributed by atoms with Gasteiger partial charge in [-0.05, 0) is 81.3 Å². The Morgan fingerprint density at radius 3 is 2.81 bits per heavy atom. The standard InChI is InChI=1S/C26H39NO5/c1-6-31-23(28)17-27-16-21-19(12-15-32-21)9-10-20-18(2)8-11-22-25(20,3)13-7-14-26(22,4)24(29)30-5/h12,15,20,22,27H,2,6-11,13-14,16-17H2,1,3-5H3/t20-,22?,25+,26-/m0/s1. The Morgan fingerprint density at radius 2 is 2.09 bits per heavy atom. The normalized spacial score (nSPS) is 29.9. The summed E-state index contributed by atoms with van der Waals surface area (Å²) in [5.74, 6) is 1.21. The molecule has 2 saturated carbocycles. The summed E-state index contributed by atoms with van der Waals surface area (Å²) < 4.78 is 15.9. The lowest BCUT2D eigenvalue weighted by Crippen LogP contribution is -2.53. The molecule has 0 radical (unpaired) electrons. The number of carbonyl (C=O) groups excluding carboxylic acids is 2. The van der Waals surface area contributed by atoms with Gasteiger partial charge in [-0.3, -0.25) is 14.9 Å². The second kappa shape index (κ2) is 10.2. The van der Waals surface area contributed by atoms with Gasteiger partial charge in [0.05, 0.1) is 38.5 Å². The van der Waals surface area contributed by atoms with E-state index < -0.39 is 5.41 Å². The lowest BCUT2D eigenvalue weighted by Gasteiger charge is -2.57. The fourth-order valence-electron chi connectivity index (χ4n) is 6.49. The van der Waals surface area contributed by atoms with Crippen LogP contribution in [0.3, 0.4) is 0 Å². The number of nitrogens with one attached hydrogen (secondary N) is 1. The van der Waals surface area contributed by atoms with Gasteiger partial charge in [0.15, 0.2) is 0 Å². The van der Waals surface area contributed by atoms with Gasteiger partial charge < -0.3 is 13.9 Å². The minimum absolute atomic E-state index is 0.0442. The van der Waals surface area contributed by atoms with Gasteiger partial charge in [0, 0.05) is 0 Å². The number of hydrogen-bond donors (Lipinski definition) is 1. The summed E-state index contributed by atoms with van der Waals surface area (Å²) in [5.41, 5.74) is 2.09. The van der Waals surface area contributed by atoms with Gasteiger partial charge >= 0.3 is 11.9 Å². The van der Waals surface area contributed by atoms with Gasteiger partial charge in [-0.15, -0.1) is 0 Å². The largest absolute Gasteiger partial charge is 0.469 e. The van der Waals surface area contributed by atoms with Crippen molar-refractivity contribution in [2.24, 2.45) is 22.7 Å². The second-order valence-electron chi connectivity index (χ2n) is 9.89. The molecule has 178 valence electrons. The first-order valence-electron chi connectivity index (χ1n) is 11.9. The Bertz CT molecular complexity index is 830. The second-order valence-corrected chi connectivity index (χ2v) is 9.89. The zero-order valence-corrected chi connectivity index (χ0v) is 20.1. The molecular weight excluding hydrogens is 406 g/mol. The van der Waals surface area contributed by atoms with E-state index in [0.717, 1.165) is 56.3 Å². The lowest BCUT2D eigenvalue weighted by atomic mass is 9.46. The smallest absolute Gasteiger partial charge is 0.319 e. The molecule has 2 aliphatic carbocycles. The zero-order valence-electron chi connectivity index (χ0n) is 20.1. The predicted molar refractivity (Wildman–Crippen MR) is 123 cm³/mol. The van der Waals surface area contributed by atoms with Crippen molar-refractivity contribution in [1.29, 1.82) is 0 Å². The molecule has 32 heavy (non-hydrogen) atoms. The molecule has 0 spiro atoms. The average Bonchev–Trinajstić information content (AvgIpc) is 3.19. The van der Waals surface area contributed by atoms with E-state index in [1.54, 1.807) is 13.2 Å². The summed E-state index contributed by atoms with van der Waals surface area (Å²) in [6.07, 6.45) is 8.61. The summed E-state index contributed by atoms with van der Waals surface area (Å²) in [5, 5.41) is 3.10. The highest BCUT2D eigenvalue weighted by Crippen LogP contribution is 2.62. The number of rotatable bonds is 9. The molecule has 1 aromatic rings. The van der Waals surface area contributed by atoms with Crippen LogP contribution < -0.4 is 5.32 Å². The van der Waals surface area contributed by atoms with Crippen molar-refractivity contribution < 1.29 is 23.5 Å². The number of hydrogen-bond acceptors (Lipinski definition) is 6. The monoisotopic (exact) mass is 445 g/mol. The van der Waals surface area contributed by atoms with Crippen molar-refractivity contribution in [3.05, 3.63) is 35.8 Å². The molecule has 0 aromatic carbocycles. The molecular formula is C26H39NO5. The molecule has 4 atom stereocenters. The molecule has 0 amide bonds. The highest BCUT2D eigenvalue weighted by atomic mass is 16.5. The Labute approximate surface area is 192 Å². The van der Waals surface area contributed by atoms with E-state index in [-0.39, 0.29) is 23.9 Å². The van der Waals surface area contributed by atoms with Crippen LogP contribution in [-0.2, 0) is 32.0 Å². The fourth-order valence-corrected chi connectivity index (χ4v) is 6.49. The van der Waals surface area contributed by atoms with E-state index in [2.05, 4.69) is 25.7 Å². The van der Waals surface area contributed by atoms with E-state index in [9.17, 15) is 9.59 Å². The van der Waals surface area contributed by atoms with Gasteiger partial charge in [-0.2, -0.15) is 0 Å². The van der Waals surface area contributed by atoms with Gasteiger partial charge in [-0.25, -0.2) is 0 Å². The summed E-state index contributed by atoms with van der Waals surface area (Å²) in [6, 6.07) is 2.02. The maximum absolute atomic E-state index is 12.8. The number of ether oxygens (including phenoxy) is 2. The van der Waals surface area contributed by atoms with Crippen LogP contribution in [0.25, 0.3) is 0 Å². The van der Waals surface area contributed by atoms with Crippen LogP contribution in [-0.4, -0.2) is 32.2 Å². The van der Waals surface area contributed by atoms with Gasteiger partial charge in [0.1, 0.15) is 5.76 Å². The van der Waals surface area contributed by atoms with Gasteiger partial charge in [-0.1, -0.05) is 25.5 Å². The molecule has 1 aromatic heterocycles. The highest BCUT2D eigenvalue weighted by Gasteiger charge is 2.57. The Morgan fingerprint density at radius 1 is 1.31 bits per heavy atom. The first-order chi connectivity index (χ1) is 15.3. The van der Waals surface area contributed by atoms with E-state index in [4.69, 9.17) is 13.9 Å². The summed E-state index contributed by atoms with van der Waals surface area (Å²) >= 11 is 0. The Kier molecular flexibility index (Phi) is 7.86. The summed E-state index contributed by atoms with van der Waals surface area (Å²) in [6.45, 7) is 11.8. The molecule has 1 heterocycles. The third-order valence-corrected chi connectivity index (χ3v) is 8.07. The van der Waals surface area contributed by atoms with E-state index in [1.807, 2.05) is 6.07 Å². The minimum Gasteiger partial charge on any atom is -0.469 e. The van der Waals surface area contributed by atoms with Crippen LogP contribution in [0.1, 0.15) is 70.6 Å². The molecule has 6 nitrogen and oxygen atoms in total. The average molecular weight is 446 g/mol. The van der Waals surface area contributed by atoms with Crippen LogP contribution >= 0.6 is 0 Å².